The number of benzene rings is 1. The summed E-state index contributed by atoms with van der Waals surface area (Å²) < 4.78 is 41.8. The maximum Gasteiger partial charge on any atom is 0.422 e. The van der Waals surface area contributed by atoms with Gasteiger partial charge in [0.15, 0.2) is 6.61 Å². The van der Waals surface area contributed by atoms with E-state index in [1.807, 2.05) is 6.92 Å². The highest BCUT2D eigenvalue weighted by Crippen LogP contribution is 2.22. The second kappa shape index (κ2) is 9.67. The van der Waals surface area contributed by atoms with Crippen LogP contribution in [0.2, 0.25) is 0 Å². The van der Waals surface area contributed by atoms with Crippen molar-refractivity contribution in [2.24, 2.45) is 0 Å². The van der Waals surface area contributed by atoms with Gasteiger partial charge in [0.05, 0.1) is 4.92 Å². The zero-order valence-corrected chi connectivity index (χ0v) is 15.0. The van der Waals surface area contributed by atoms with Gasteiger partial charge in [0.2, 0.25) is 11.9 Å². The SMILES string of the molecule is CCCCCNc1nc(Nc2cccc([N+](=O)[O-])c2)nc(OCC(F)(F)F)n1. The number of anilines is 3. The molecule has 0 atom stereocenters. The lowest BCUT2D eigenvalue weighted by Gasteiger charge is -2.12. The highest BCUT2D eigenvalue weighted by atomic mass is 19.4. The first kappa shape index (κ1) is 21.1. The predicted octanol–water partition coefficient (Wildman–Crippen LogP) is 4.07. The molecule has 0 saturated heterocycles. The number of alkyl halides is 3. The molecule has 28 heavy (non-hydrogen) atoms. The van der Waals surface area contributed by atoms with Crippen molar-refractivity contribution in [1.82, 2.24) is 15.0 Å². The molecule has 9 nitrogen and oxygen atoms in total. The normalized spacial score (nSPS) is 11.1. The highest BCUT2D eigenvalue weighted by Gasteiger charge is 2.29. The molecule has 2 rings (SSSR count). The quantitative estimate of drug-likeness (QED) is 0.348. The standard InChI is InChI=1S/C16H19F3N6O3/c1-2-3-4-8-20-13-22-14(24-15(23-13)28-10-16(17,18)19)21-11-6-5-7-12(9-11)25(26)27/h5-7,9H,2-4,8,10H2,1H3,(H2,20,21,22,23,24). The number of aromatic nitrogens is 3. The lowest BCUT2D eigenvalue weighted by atomic mass is 10.2. The van der Waals surface area contributed by atoms with Gasteiger partial charge in [-0.2, -0.15) is 28.1 Å². The van der Waals surface area contributed by atoms with Crippen molar-refractivity contribution in [2.45, 2.75) is 32.4 Å². The third-order valence-corrected chi connectivity index (χ3v) is 3.36. The molecular formula is C16H19F3N6O3. The number of unbranched alkanes of at least 4 members (excludes halogenated alkanes) is 2. The van der Waals surface area contributed by atoms with Crippen LogP contribution in [0.3, 0.4) is 0 Å². The summed E-state index contributed by atoms with van der Waals surface area (Å²) in [6, 6.07) is 5.01. The Labute approximate surface area is 158 Å². The van der Waals surface area contributed by atoms with E-state index in [-0.39, 0.29) is 17.6 Å². The summed E-state index contributed by atoms with van der Waals surface area (Å²) in [5, 5.41) is 16.5. The van der Waals surface area contributed by atoms with Crippen LogP contribution in [0, 0.1) is 10.1 Å². The van der Waals surface area contributed by atoms with Crippen LogP contribution in [-0.4, -0.2) is 39.2 Å². The molecule has 12 heteroatoms. The molecule has 0 bridgehead atoms. The average molecular weight is 400 g/mol. The van der Waals surface area contributed by atoms with E-state index in [4.69, 9.17) is 0 Å². The topological polar surface area (TPSA) is 115 Å². The van der Waals surface area contributed by atoms with E-state index in [0.717, 1.165) is 19.3 Å². The molecule has 1 aromatic heterocycles. The van der Waals surface area contributed by atoms with Gasteiger partial charge in [-0.1, -0.05) is 25.8 Å². The summed E-state index contributed by atoms with van der Waals surface area (Å²) in [6.45, 7) is 1.00. The van der Waals surface area contributed by atoms with Crippen molar-refractivity contribution >= 4 is 23.3 Å². The monoisotopic (exact) mass is 400 g/mol. The first-order valence-electron chi connectivity index (χ1n) is 8.48. The van der Waals surface area contributed by atoms with Gasteiger partial charge in [-0.25, -0.2) is 0 Å². The molecule has 0 fully saturated rings. The smallest absolute Gasteiger partial charge is 0.422 e. The second-order valence-electron chi connectivity index (χ2n) is 5.74. The highest BCUT2D eigenvalue weighted by molar-refractivity contribution is 5.58. The van der Waals surface area contributed by atoms with Crippen LogP contribution in [0.4, 0.5) is 36.4 Å². The van der Waals surface area contributed by atoms with Crippen LogP contribution in [0.5, 0.6) is 6.01 Å². The first-order chi connectivity index (χ1) is 13.3. The number of nitrogens with one attached hydrogen (secondary N) is 2. The number of hydrogen-bond acceptors (Lipinski definition) is 8. The van der Waals surface area contributed by atoms with Crippen LogP contribution < -0.4 is 15.4 Å². The largest absolute Gasteiger partial charge is 0.454 e. The Morgan fingerprint density at radius 2 is 1.93 bits per heavy atom. The third kappa shape index (κ3) is 7.21. The lowest BCUT2D eigenvalue weighted by molar-refractivity contribution is -0.384. The van der Waals surface area contributed by atoms with Crippen LogP contribution in [-0.2, 0) is 0 Å². The number of nitro groups is 1. The zero-order valence-electron chi connectivity index (χ0n) is 15.0. The predicted molar refractivity (Wildman–Crippen MR) is 95.8 cm³/mol. The minimum Gasteiger partial charge on any atom is -0.454 e. The van der Waals surface area contributed by atoms with Crippen LogP contribution >= 0.6 is 0 Å². The van der Waals surface area contributed by atoms with Crippen molar-refractivity contribution in [3.05, 3.63) is 34.4 Å². The van der Waals surface area contributed by atoms with Crippen LogP contribution in [0.1, 0.15) is 26.2 Å². The maximum absolute atomic E-state index is 12.4. The Morgan fingerprint density at radius 3 is 2.61 bits per heavy atom. The molecule has 1 heterocycles. The Balaban J connectivity index is 2.20. The number of nitrogens with zero attached hydrogens (tertiary/aromatic N) is 4. The van der Waals surface area contributed by atoms with Crippen molar-refractivity contribution in [1.29, 1.82) is 0 Å². The summed E-state index contributed by atoms with van der Waals surface area (Å²) in [7, 11) is 0. The third-order valence-electron chi connectivity index (χ3n) is 3.36. The fourth-order valence-corrected chi connectivity index (χ4v) is 2.10. The van der Waals surface area contributed by atoms with Crippen LogP contribution in [0.25, 0.3) is 0 Å². The minimum absolute atomic E-state index is 0.0382. The van der Waals surface area contributed by atoms with Gasteiger partial charge in [0.1, 0.15) is 0 Å². The zero-order chi connectivity index (χ0) is 20.6. The summed E-state index contributed by atoms with van der Waals surface area (Å²) in [4.78, 5) is 22.0. The molecule has 0 aliphatic heterocycles. The van der Waals surface area contributed by atoms with Gasteiger partial charge in [-0.05, 0) is 12.5 Å². The number of halogens is 3. The number of non-ortho nitro benzene ring substituents is 1. The Bertz CT molecular complexity index is 803. The molecule has 2 aromatic rings. The molecule has 1 aromatic carbocycles. The fourth-order valence-electron chi connectivity index (χ4n) is 2.10. The molecule has 0 aliphatic carbocycles. The van der Waals surface area contributed by atoms with E-state index in [2.05, 4.69) is 30.3 Å². The Hall–Kier alpha value is -3.18. The maximum atomic E-state index is 12.4. The van der Waals surface area contributed by atoms with E-state index in [9.17, 15) is 23.3 Å². The van der Waals surface area contributed by atoms with E-state index < -0.39 is 23.7 Å². The number of nitro benzene ring substituents is 1. The molecule has 0 amide bonds. The molecule has 0 radical (unpaired) electrons. The van der Waals surface area contributed by atoms with Crippen molar-refractivity contribution in [3.8, 4) is 6.01 Å². The van der Waals surface area contributed by atoms with Gasteiger partial charge in [0.25, 0.3) is 5.69 Å². The molecule has 152 valence electrons. The average Bonchev–Trinajstić information content (AvgIpc) is 2.63. The summed E-state index contributed by atoms with van der Waals surface area (Å²) in [5.41, 5.74) is 0.129. The number of ether oxygens (including phenoxy) is 1. The minimum atomic E-state index is -4.55. The summed E-state index contributed by atoms with van der Waals surface area (Å²) in [6.07, 6.45) is -1.75. The van der Waals surface area contributed by atoms with E-state index in [1.165, 1.54) is 24.3 Å². The van der Waals surface area contributed by atoms with Gasteiger partial charge in [0, 0.05) is 24.4 Å². The lowest BCUT2D eigenvalue weighted by Crippen LogP contribution is -2.21. The number of hydrogen-bond donors (Lipinski definition) is 2. The van der Waals surface area contributed by atoms with Crippen molar-refractivity contribution < 1.29 is 22.8 Å². The molecule has 0 aliphatic rings. The summed E-state index contributed by atoms with van der Waals surface area (Å²) in [5.74, 6) is -0.0677. The molecule has 2 N–H and O–H groups in total. The second-order valence-corrected chi connectivity index (χ2v) is 5.74. The van der Waals surface area contributed by atoms with E-state index in [0.29, 0.717) is 12.2 Å². The molecular weight excluding hydrogens is 381 g/mol. The van der Waals surface area contributed by atoms with Gasteiger partial charge >= 0.3 is 12.2 Å². The first-order valence-corrected chi connectivity index (χ1v) is 8.48. The molecule has 0 saturated carbocycles. The fraction of sp³-hybridized carbons (Fsp3) is 0.438. The Morgan fingerprint density at radius 1 is 1.18 bits per heavy atom. The van der Waals surface area contributed by atoms with Crippen molar-refractivity contribution in [3.63, 3.8) is 0 Å². The van der Waals surface area contributed by atoms with E-state index in [1.54, 1.807) is 0 Å². The molecule has 0 spiro atoms. The van der Waals surface area contributed by atoms with Crippen molar-refractivity contribution in [2.75, 3.05) is 23.8 Å². The van der Waals surface area contributed by atoms with E-state index >= 15 is 0 Å². The van der Waals surface area contributed by atoms with Gasteiger partial charge < -0.3 is 15.4 Å². The number of rotatable bonds is 10. The van der Waals surface area contributed by atoms with Crippen LogP contribution in [0.15, 0.2) is 24.3 Å². The van der Waals surface area contributed by atoms with Gasteiger partial charge in [-0.3, -0.25) is 10.1 Å². The molecule has 0 unspecified atom stereocenters. The van der Waals surface area contributed by atoms with Gasteiger partial charge in [-0.15, -0.1) is 0 Å². The Kier molecular flexibility index (Phi) is 7.29. The summed E-state index contributed by atoms with van der Waals surface area (Å²) >= 11 is 0.